The van der Waals surface area contributed by atoms with Gasteiger partial charge in [0.15, 0.2) is 5.65 Å². The van der Waals surface area contributed by atoms with Gasteiger partial charge in [-0.15, -0.1) is 0 Å². The lowest BCUT2D eigenvalue weighted by atomic mass is 10.0. The number of fused-ring (bicyclic) bond motifs is 1. The van der Waals surface area contributed by atoms with Crippen LogP contribution in [-0.2, 0) is 0 Å². The number of nitrogens with zero attached hydrogens (tertiary/aromatic N) is 3. The van der Waals surface area contributed by atoms with E-state index in [4.69, 9.17) is 0 Å². The van der Waals surface area contributed by atoms with Crippen molar-refractivity contribution < 1.29 is 0 Å². The third-order valence-electron chi connectivity index (χ3n) is 2.98. The molecular weight excluding hydrogens is 222 g/mol. The minimum atomic E-state index is 0.700. The molecule has 0 bridgehead atoms. The fourth-order valence-corrected chi connectivity index (χ4v) is 2.09. The Hall–Kier alpha value is -2.29. The highest BCUT2D eigenvalue weighted by atomic mass is 14.9. The zero-order valence-electron chi connectivity index (χ0n) is 10.4. The van der Waals surface area contributed by atoms with Crippen LogP contribution >= 0.6 is 0 Å². The predicted molar refractivity (Wildman–Crippen MR) is 72.2 cm³/mol. The summed E-state index contributed by atoms with van der Waals surface area (Å²) in [6, 6.07) is 10.5. The minimum Gasteiger partial charge on any atom is -0.251 e. The van der Waals surface area contributed by atoms with Crippen molar-refractivity contribution in [3.63, 3.8) is 0 Å². The fraction of sp³-hybridized carbons (Fsp3) is 0.133. The fourth-order valence-electron chi connectivity index (χ4n) is 2.09. The summed E-state index contributed by atoms with van der Waals surface area (Å²) in [5.41, 5.74) is 6.05. The standard InChI is InChI=1S/C15H13N3/c1-10-4-3-5-12(8-10)13-9-14-15(18-11(13)2)17-7-6-16-14/h3-9H,1-2H3. The van der Waals surface area contributed by atoms with Gasteiger partial charge in [-0.1, -0.05) is 29.8 Å². The van der Waals surface area contributed by atoms with Crippen molar-refractivity contribution in [1.82, 2.24) is 15.0 Å². The molecule has 88 valence electrons. The Bertz CT molecular complexity index is 720. The first-order valence-corrected chi connectivity index (χ1v) is 5.89. The molecule has 0 saturated heterocycles. The molecule has 3 rings (SSSR count). The summed E-state index contributed by atoms with van der Waals surface area (Å²) in [4.78, 5) is 13.0. The van der Waals surface area contributed by atoms with E-state index in [1.54, 1.807) is 12.4 Å². The van der Waals surface area contributed by atoms with E-state index in [0.717, 1.165) is 16.8 Å². The maximum absolute atomic E-state index is 4.51. The van der Waals surface area contributed by atoms with Gasteiger partial charge in [0.25, 0.3) is 0 Å². The van der Waals surface area contributed by atoms with Crippen LogP contribution in [0.15, 0.2) is 42.7 Å². The number of pyridine rings is 1. The molecule has 3 nitrogen and oxygen atoms in total. The molecule has 0 aliphatic rings. The summed E-state index contributed by atoms with van der Waals surface area (Å²) in [7, 11) is 0. The summed E-state index contributed by atoms with van der Waals surface area (Å²) < 4.78 is 0. The summed E-state index contributed by atoms with van der Waals surface area (Å²) in [6.45, 7) is 4.10. The van der Waals surface area contributed by atoms with Gasteiger partial charge in [0.2, 0.25) is 0 Å². The molecule has 0 spiro atoms. The highest BCUT2D eigenvalue weighted by Crippen LogP contribution is 2.25. The maximum Gasteiger partial charge on any atom is 0.178 e. The zero-order valence-corrected chi connectivity index (χ0v) is 10.4. The van der Waals surface area contributed by atoms with Gasteiger partial charge >= 0.3 is 0 Å². The smallest absolute Gasteiger partial charge is 0.178 e. The second-order valence-corrected chi connectivity index (χ2v) is 4.39. The minimum absolute atomic E-state index is 0.700. The third-order valence-corrected chi connectivity index (χ3v) is 2.98. The Morgan fingerprint density at radius 1 is 0.944 bits per heavy atom. The molecule has 2 heterocycles. The molecule has 0 amide bonds. The SMILES string of the molecule is Cc1cccc(-c2cc3nccnc3nc2C)c1. The largest absolute Gasteiger partial charge is 0.251 e. The van der Waals surface area contributed by atoms with E-state index >= 15 is 0 Å². The average Bonchev–Trinajstić information content (AvgIpc) is 2.38. The Balaban J connectivity index is 2.26. The van der Waals surface area contributed by atoms with E-state index in [-0.39, 0.29) is 0 Å². The summed E-state index contributed by atoms with van der Waals surface area (Å²) in [5.74, 6) is 0. The van der Waals surface area contributed by atoms with Gasteiger partial charge in [0.1, 0.15) is 5.52 Å². The van der Waals surface area contributed by atoms with Gasteiger partial charge in [-0.25, -0.2) is 9.97 Å². The van der Waals surface area contributed by atoms with Crippen LogP contribution in [0.2, 0.25) is 0 Å². The molecule has 0 unspecified atom stereocenters. The molecule has 1 aromatic carbocycles. The number of aryl methyl sites for hydroxylation is 2. The molecule has 3 heteroatoms. The molecule has 3 aromatic rings. The van der Waals surface area contributed by atoms with Crippen LogP contribution in [0.5, 0.6) is 0 Å². The molecule has 0 N–H and O–H groups in total. The van der Waals surface area contributed by atoms with Gasteiger partial charge < -0.3 is 0 Å². The van der Waals surface area contributed by atoms with Crippen molar-refractivity contribution in [1.29, 1.82) is 0 Å². The lowest BCUT2D eigenvalue weighted by Gasteiger charge is -2.07. The van der Waals surface area contributed by atoms with Crippen molar-refractivity contribution >= 4 is 11.2 Å². The number of rotatable bonds is 1. The van der Waals surface area contributed by atoms with Crippen LogP contribution < -0.4 is 0 Å². The quantitative estimate of drug-likeness (QED) is 0.649. The molecule has 0 radical (unpaired) electrons. The highest BCUT2D eigenvalue weighted by Gasteiger charge is 2.06. The van der Waals surface area contributed by atoms with Crippen molar-refractivity contribution in [2.24, 2.45) is 0 Å². The van der Waals surface area contributed by atoms with Crippen LogP contribution in [0.25, 0.3) is 22.3 Å². The van der Waals surface area contributed by atoms with Gasteiger partial charge in [-0.2, -0.15) is 0 Å². The lowest BCUT2D eigenvalue weighted by molar-refractivity contribution is 1.17. The molecule has 18 heavy (non-hydrogen) atoms. The summed E-state index contributed by atoms with van der Waals surface area (Å²) >= 11 is 0. The van der Waals surface area contributed by atoms with Gasteiger partial charge in [-0.05, 0) is 25.5 Å². The first kappa shape index (κ1) is 10.8. The monoisotopic (exact) mass is 235 g/mol. The molecule has 0 aliphatic carbocycles. The normalized spacial score (nSPS) is 10.8. The second-order valence-electron chi connectivity index (χ2n) is 4.39. The Morgan fingerprint density at radius 3 is 2.61 bits per heavy atom. The number of hydrogen-bond acceptors (Lipinski definition) is 3. The average molecular weight is 235 g/mol. The number of benzene rings is 1. The van der Waals surface area contributed by atoms with Gasteiger partial charge in [0.05, 0.1) is 0 Å². The summed E-state index contributed by atoms with van der Waals surface area (Å²) in [6.07, 6.45) is 3.36. The third kappa shape index (κ3) is 1.84. The van der Waals surface area contributed by atoms with E-state index in [2.05, 4.69) is 52.2 Å². The van der Waals surface area contributed by atoms with Crippen molar-refractivity contribution in [3.8, 4) is 11.1 Å². The lowest BCUT2D eigenvalue weighted by Crippen LogP contribution is -1.93. The number of aromatic nitrogens is 3. The Morgan fingerprint density at radius 2 is 1.78 bits per heavy atom. The first-order valence-electron chi connectivity index (χ1n) is 5.89. The van der Waals surface area contributed by atoms with Crippen molar-refractivity contribution in [2.75, 3.05) is 0 Å². The van der Waals surface area contributed by atoms with E-state index in [1.165, 1.54) is 11.1 Å². The van der Waals surface area contributed by atoms with Crippen LogP contribution in [0, 0.1) is 13.8 Å². The molecule has 0 atom stereocenters. The summed E-state index contributed by atoms with van der Waals surface area (Å²) in [5, 5.41) is 0. The van der Waals surface area contributed by atoms with Crippen molar-refractivity contribution in [3.05, 3.63) is 54.0 Å². The zero-order chi connectivity index (χ0) is 12.5. The van der Waals surface area contributed by atoms with Gasteiger partial charge in [0, 0.05) is 23.7 Å². The second kappa shape index (κ2) is 4.18. The van der Waals surface area contributed by atoms with E-state index in [9.17, 15) is 0 Å². The van der Waals surface area contributed by atoms with Crippen molar-refractivity contribution in [2.45, 2.75) is 13.8 Å². The molecular formula is C15H13N3. The van der Waals surface area contributed by atoms with Crippen LogP contribution in [0.3, 0.4) is 0 Å². The molecule has 0 fully saturated rings. The van der Waals surface area contributed by atoms with Crippen LogP contribution in [0.1, 0.15) is 11.3 Å². The molecule has 0 aliphatic heterocycles. The van der Waals surface area contributed by atoms with E-state index in [0.29, 0.717) is 5.65 Å². The maximum atomic E-state index is 4.51. The first-order chi connectivity index (χ1) is 8.74. The van der Waals surface area contributed by atoms with Gasteiger partial charge in [-0.3, -0.25) is 4.98 Å². The Labute approximate surface area is 106 Å². The Kier molecular flexibility index (Phi) is 2.52. The van der Waals surface area contributed by atoms with E-state index in [1.807, 2.05) is 6.92 Å². The highest BCUT2D eigenvalue weighted by molar-refractivity contribution is 5.79. The van der Waals surface area contributed by atoms with E-state index < -0.39 is 0 Å². The molecule has 0 saturated carbocycles. The van der Waals surface area contributed by atoms with Crippen LogP contribution in [-0.4, -0.2) is 15.0 Å². The number of hydrogen-bond donors (Lipinski definition) is 0. The predicted octanol–water partition coefficient (Wildman–Crippen LogP) is 3.31. The molecule has 2 aromatic heterocycles. The topological polar surface area (TPSA) is 38.7 Å². The van der Waals surface area contributed by atoms with Crippen LogP contribution in [0.4, 0.5) is 0 Å².